The van der Waals surface area contributed by atoms with Gasteiger partial charge in [0.05, 0.1) is 0 Å². The first-order valence-corrected chi connectivity index (χ1v) is 4.05. The van der Waals surface area contributed by atoms with E-state index in [0.29, 0.717) is 0 Å². The molecule has 0 heterocycles. The van der Waals surface area contributed by atoms with E-state index in [9.17, 15) is 0 Å². The van der Waals surface area contributed by atoms with Gasteiger partial charge in [-0.15, -0.1) is 0 Å². The van der Waals surface area contributed by atoms with Crippen LogP contribution in [0.15, 0.2) is 24.3 Å². The Labute approximate surface area is 59.6 Å². The first-order chi connectivity index (χ1) is 4.33. The molecule has 0 bridgehead atoms. The molecule has 3 heteroatoms. The zero-order valence-electron chi connectivity index (χ0n) is 4.61. The van der Waals surface area contributed by atoms with Gasteiger partial charge in [-0.05, 0) is 0 Å². The average molecular weight is 189 g/mol. The van der Waals surface area contributed by atoms with Crippen molar-refractivity contribution in [2.45, 2.75) is 0 Å². The molecule has 1 rings (SSSR count). The fourth-order valence-electron chi connectivity index (χ4n) is 0.507. The topological polar surface area (TPSA) is 40.5 Å². The molecule has 1 aromatic carbocycles. The van der Waals surface area contributed by atoms with Crippen molar-refractivity contribution in [1.82, 2.24) is 0 Å². The Balaban J connectivity index is 2.88. The number of benzene rings is 1. The van der Waals surface area contributed by atoms with Crippen molar-refractivity contribution in [3.63, 3.8) is 0 Å². The molecule has 0 saturated carbocycles. The molecule has 2 nitrogen and oxygen atoms in total. The summed E-state index contributed by atoms with van der Waals surface area (Å²) in [7, 11) is 0. The van der Waals surface area contributed by atoms with Gasteiger partial charge in [-0.3, -0.25) is 0 Å². The van der Waals surface area contributed by atoms with Crippen LogP contribution in [0, 0.1) is 0 Å². The predicted molar refractivity (Wildman–Crippen MR) is 35.7 cm³/mol. The van der Waals surface area contributed by atoms with E-state index in [0.717, 1.165) is 4.46 Å². The van der Waals surface area contributed by atoms with Crippen LogP contribution < -0.4 is 4.46 Å². The van der Waals surface area contributed by atoms with Crippen LogP contribution in [0.5, 0.6) is 5.75 Å². The van der Waals surface area contributed by atoms with Crippen molar-refractivity contribution in [2.75, 3.05) is 0 Å². The molecule has 48 valence electrons. The zero-order chi connectivity index (χ0) is 6.69. The molecule has 0 amide bonds. The summed E-state index contributed by atoms with van der Waals surface area (Å²) in [5.74, 6) is 0.239. The molecule has 0 saturated heterocycles. The third-order valence-corrected chi connectivity index (χ3v) is 1.96. The summed E-state index contributed by atoms with van der Waals surface area (Å²) in [4.78, 5) is 0. The first-order valence-electron chi connectivity index (χ1n) is 2.43. The van der Waals surface area contributed by atoms with Crippen LogP contribution in [-0.2, 0) is 0 Å². The van der Waals surface area contributed by atoms with Gasteiger partial charge >= 0.3 is 59.1 Å². The second kappa shape index (κ2) is 2.87. The zero-order valence-corrected chi connectivity index (χ0v) is 6.33. The predicted octanol–water partition coefficient (Wildman–Crippen LogP) is -0.371. The van der Waals surface area contributed by atoms with Crippen molar-refractivity contribution in [2.24, 2.45) is 0 Å². The Bertz CT molecular complexity index is 183. The van der Waals surface area contributed by atoms with Gasteiger partial charge in [0.2, 0.25) is 0 Å². The van der Waals surface area contributed by atoms with Crippen molar-refractivity contribution in [3.8, 4) is 5.75 Å². The molecule has 2 N–H and O–H groups in total. The van der Waals surface area contributed by atoms with E-state index in [2.05, 4.69) is 0 Å². The van der Waals surface area contributed by atoms with Crippen LogP contribution >= 0.6 is 0 Å². The molecule has 0 spiro atoms. The Morgan fingerprint density at radius 3 is 2.11 bits per heavy atom. The fraction of sp³-hybridized carbons (Fsp3) is 0. The molecule has 0 radical (unpaired) electrons. The summed E-state index contributed by atoms with van der Waals surface area (Å²) in [5, 5.41) is 8.78. The second-order valence-electron chi connectivity index (χ2n) is 1.59. The minimum atomic E-state index is -0.451. The molecule has 0 atom stereocenters. The van der Waals surface area contributed by atoms with Gasteiger partial charge in [0.25, 0.3) is 0 Å². The van der Waals surface area contributed by atoms with Crippen LogP contribution in [0.1, 0.15) is 0 Å². The summed E-state index contributed by atoms with van der Waals surface area (Å²) in [6.07, 6.45) is 0. The molecule has 0 aliphatic heterocycles. The maximum atomic E-state index is 8.78. The van der Waals surface area contributed by atoms with Crippen LogP contribution in [0.2, 0.25) is 0 Å². The monoisotopic (exact) mass is 190 g/mol. The normalized spacial score (nSPS) is 9.44. The van der Waals surface area contributed by atoms with Gasteiger partial charge in [0, 0.05) is 0 Å². The molecule has 9 heavy (non-hydrogen) atoms. The van der Waals surface area contributed by atoms with E-state index in [1.165, 1.54) is 0 Å². The van der Waals surface area contributed by atoms with Gasteiger partial charge in [0.1, 0.15) is 0 Å². The second-order valence-corrected chi connectivity index (χ2v) is 2.96. The summed E-state index contributed by atoms with van der Waals surface area (Å²) in [6, 6.07) is 6.53. The van der Waals surface area contributed by atoms with Crippen LogP contribution in [0.4, 0.5) is 0 Å². The Hall–Kier alpha value is -0.501. The van der Waals surface area contributed by atoms with Crippen molar-refractivity contribution in [3.05, 3.63) is 24.3 Å². The average Bonchev–Trinajstić information content (AvgIpc) is 1.90. The summed E-state index contributed by atoms with van der Waals surface area (Å²) >= 11 is -0.451. The molecule has 0 unspecified atom stereocenters. The standard InChI is InChI=1S/C6H6O2Se/c7-5-1-3-6(9-8)4-2-5/h1-4,7-8H. The van der Waals surface area contributed by atoms with Gasteiger partial charge in [-0.1, -0.05) is 0 Å². The molecular formula is C6H6O2Se. The molecule has 0 aliphatic carbocycles. The van der Waals surface area contributed by atoms with E-state index in [1.54, 1.807) is 24.3 Å². The fourth-order valence-corrected chi connectivity index (χ4v) is 1.05. The minimum absolute atomic E-state index is 0.239. The van der Waals surface area contributed by atoms with Crippen molar-refractivity contribution < 1.29 is 9.30 Å². The van der Waals surface area contributed by atoms with E-state index in [1.807, 2.05) is 0 Å². The van der Waals surface area contributed by atoms with Gasteiger partial charge in [-0.25, -0.2) is 0 Å². The number of aromatic hydroxyl groups is 1. The van der Waals surface area contributed by atoms with E-state index >= 15 is 0 Å². The summed E-state index contributed by atoms with van der Waals surface area (Å²) in [5.41, 5.74) is 0. The molecule has 1 aromatic rings. The molecule has 0 fully saturated rings. The Morgan fingerprint density at radius 2 is 1.67 bits per heavy atom. The van der Waals surface area contributed by atoms with Gasteiger partial charge in [-0.2, -0.15) is 0 Å². The number of hydrogen-bond acceptors (Lipinski definition) is 2. The number of hydrogen-bond donors (Lipinski definition) is 2. The van der Waals surface area contributed by atoms with E-state index in [4.69, 9.17) is 9.30 Å². The first kappa shape index (κ1) is 6.62. The van der Waals surface area contributed by atoms with Crippen molar-refractivity contribution >= 4 is 19.7 Å². The summed E-state index contributed by atoms with van der Waals surface area (Å²) < 4.78 is 9.48. The third kappa shape index (κ3) is 1.72. The van der Waals surface area contributed by atoms with Crippen molar-refractivity contribution in [1.29, 1.82) is 0 Å². The van der Waals surface area contributed by atoms with E-state index in [-0.39, 0.29) is 5.75 Å². The molecule has 0 aromatic heterocycles. The number of phenols is 1. The van der Waals surface area contributed by atoms with Crippen LogP contribution in [-0.4, -0.2) is 24.6 Å². The van der Waals surface area contributed by atoms with Crippen LogP contribution in [0.3, 0.4) is 0 Å². The third-order valence-electron chi connectivity index (χ3n) is 0.942. The Morgan fingerprint density at radius 1 is 1.11 bits per heavy atom. The number of phenolic OH excluding ortho intramolecular Hbond substituents is 1. The Kier molecular flexibility index (Phi) is 2.11. The van der Waals surface area contributed by atoms with E-state index < -0.39 is 15.3 Å². The summed E-state index contributed by atoms with van der Waals surface area (Å²) in [6.45, 7) is 0. The SMILES string of the molecule is O[Se]c1ccc(O)cc1. The van der Waals surface area contributed by atoms with Gasteiger partial charge in [0.15, 0.2) is 0 Å². The molecular weight excluding hydrogens is 183 g/mol. The maximum absolute atomic E-state index is 8.78. The molecule has 0 aliphatic rings. The quantitative estimate of drug-likeness (QED) is 0.591. The van der Waals surface area contributed by atoms with Crippen LogP contribution in [0.25, 0.3) is 0 Å². The number of rotatable bonds is 1. The van der Waals surface area contributed by atoms with Gasteiger partial charge < -0.3 is 0 Å².